The zero-order chi connectivity index (χ0) is 13.2. The van der Waals surface area contributed by atoms with Gasteiger partial charge in [-0.3, -0.25) is 14.6 Å². The minimum absolute atomic E-state index is 0.0222. The highest BCUT2D eigenvalue weighted by Crippen LogP contribution is 2.19. The normalized spacial score (nSPS) is 18.4. The monoisotopic (exact) mass is 259 g/mol. The number of nitrogens with one attached hydrogen (secondary N) is 1. The number of nitrogens with zero attached hydrogens (tertiary/aromatic N) is 2. The summed E-state index contributed by atoms with van der Waals surface area (Å²) in [4.78, 5) is 30.0. The molecule has 3 rings (SSSR count). The van der Waals surface area contributed by atoms with Crippen LogP contribution in [0.2, 0.25) is 0 Å². The Bertz CT molecular complexity index is 505. The van der Waals surface area contributed by atoms with E-state index in [1.807, 2.05) is 4.90 Å². The van der Waals surface area contributed by atoms with Crippen LogP contribution in [0.5, 0.6) is 0 Å². The fraction of sp³-hybridized carbons (Fsp3) is 0.500. The summed E-state index contributed by atoms with van der Waals surface area (Å²) in [7, 11) is 0. The minimum atomic E-state index is -0.133. The second kappa shape index (κ2) is 4.99. The average molecular weight is 259 g/mol. The second-order valence-electron chi connectivity index (χ2n) is 5.21. The zero-order valence-electron chi connectivity index (χ0n) is 10.8. The van der Waals surface area contributed by atoms with Gasteiger partial charge in [0.25, 0.3) is 11.8 Å². The summed E-state index contributed by atoms with van der Waals surface area (Å²) in [5.41, 5.74) is 0.974. The van der Waals surface area contributed by atoms with Gasteiger partial charge in [0.2, 0.25) is 0 Å². The maximum absolute atomic E-state index is 12.2. The number of hydrogen-bond donors (Lipinski definition) is 1. The molecule has 19 heavy (non-hydrogen) atoms. The number of likely N-dealkylation sites (tertiary alicyclic amines) is 1. The van der Waals surface area contributed by atoms with E-state index in [-0.39, 0.29) is 11.8 Å². The predicted molar refractivity (Wildman–Crippen MR) is 69.9 cm³/mol. The Morgan fingerprint density at radius 3 is 2.53 bits per heavy atom. The number of carbonyl (C=O) groups is 2. The molecule has 2 fully saturated rings. The first-order valence-corrected chi connectivity index (χ1v) is 6.79. The third-order valence-electron chi connectivity index (χ3n) is 3.55. The van der Waals surface area contributed by atoms with Crippen LogP contribution in [-0.4, -0.2) is 40.8 Å². The van der Waals surface area contributed by atoms with Crippen LogP contribution in [0, 0.1) is 0 Å². The largest absolute Gasteiger partial charge is 0.349 e. The molecule has 1 saturated carbocycles. The molecule has 5 nitrogen and oxygen atoms in total. The lowest BCUT2D eigenvalue weighted by Gasteiger charge is -2.15. The van der Waals surface area contributed by atoms with Crippen molar-refractivity contribution in [1.82, 2.24) is 15.2 Å². The van der Waals surface area contributed by atoms with E-state index >= 15 is 0 Å². The Morgan fingerprint density at radius 1 is 1.16 bits per heavy atom. The van der Waals surface area contributed by atoms with Crippen LogP contribution in [0.1, 0.15) is 46.4 Å². The van der Waals surface area contributed by atoms with Crippen molar-refractivity contribution in [2.24, 2.45) is 0 Å². The number of hydrogen-bond acceptors (Lipinski definition) is 3. The Labute approximate surface area is 112 Å². The quantitative estimate of drug-likeness (QED) is 0.887. The Morgan fingerprint density at radius 2 is 1.84 bits per heavy atom. The standard InChI is InChI=1S/C14H17N3O2/c18-13(16-12-3-4-12)10-7-11(9-15-8-10)14(19)17-5-1-2-6-17/h7-9,12H,1-6H2,(H,16,18). The lowest BCUT2D eigenvalue weighted by Crippen LogP contribution is -2.29. The van der Waals surface area contributed by atoms with E-state index in [0.29, 0.717) is 17.2 Å². The van der Waals surface area contributed by atoms with E-state index in [0.717, 1.165) is 38.8 Å². The van der Waals surface area contributed by atoms with E-state index in [4.69, 9.17) is 0 Å². The first kappa shape index (κ1) is 12.1. The molecular weight excluding hydrogens is 242 g/mol. The fourth-order valence-electron chi connectivity index (χ4n) is 2.28. The van der Waals surface area contributed by atoms with E-state index in [2.05, 4.69) is 10.3 Å². The van der Waals surface area contributed by atoms with Gasteiger partial charge < -0.3 is 10.2 Å². The molecule has 1 aliphatic carbocycles. The lowest BCUT2D eigenvalue weighted by atomic mass is 10.1. The van der Waals surface area contributed by atoms with E-state index in [9.17, 15) is 9.59 Å². The smallest absolute Gasteiger partial charge is 0.255 e. The average Bonchev–Trinajstić information content (AvgIpc) is 3.08. The highest BCUT2D eigenvalue weighted by Gasteiger charge is 2.25. The van der Waals surface area contributed by atoms with Crippen LogP contribution in [0.15, 0.2) is 18.5 Å². The molecule has 2 aliphatic rings. The van der Waals surface area contributed by atoms with Crippen molar-refractivity contribution < 1.29 is 9.59 Å². The molecule has 1 N–H and O–H groups in total. The molecule has 1 aliphatic heterocycles. The lowest BCUT2D eigenvalue weighted by molar-refractivity contribution is 0.0792. The van der Waals surface area contributed by atoms with Crippen molar-refractivity contribution in [3.05, 3.63) is 29.6 Å². The van der Waals surface area contributed by atoms with Gasteiger partial charge in [0.1, 0.15) is 0 Å². The third kappa shape index (κ3) is 2.75. The topological polar surface area (TPSA) is 62.3 Å². The summed E-state index contributed by atoms with van der Waals surface area (Å²) in [6.45, 7) is 1.61. The SMILES string of the molecule is O=C(NC1CC1)c1cncc(C(=O)N2CCCC2)c1. The van der Waals surface area contributed by atoms with Gasteiger partial charge in [-0.05, 0) is 31.7 Å². The number of amides is 2. The van der Waals surface area contributed by atoms with Gasteiger partial charge in [0, 0.05) is 31.5 Å². The van der Waals surface area contributed by atoms with E-state index in [1.54, 1.807) is 6.07 Å². The first-order chi connectivity index (χ1) is 9.24. The Balaban J connectivity index is 1.74. The van der Waals surface area contributed by atoms with E-state index < -0.39 is 0 Å². The van der Waals surface area contributed by atoms with Crippen LogP contribution < -0.4 is 5.32 Å². The number of aromatic nitrogens is 1. The van der Waals surface area contributed by atoms with Crippen LogP contribution in [0.25, 0.3) is 0 Å². The molecule has 1 saturated heterocycles. The number of rotatable bonds is 3. The summed E-state index contributed by atoms with van der Waals surface area (Å²) in [5, 5.41) is 2.90. The molecule has 1 aromatic rings. The van der Waals surface area contributed by atoms with Crippen LogP contribution in [0.4, 0.5) is 0 Å². The summed E-state index contributed by atoms with van der Waals surface area (Å²) >= 11 is 0. The van der Waals surface area contributed by atoms with Crippen LogP contribution in [-0.2, 0) is 0 Å². The molecule has 0 bridgehead atoms. The summed E-state index contributed by atoms with van der Waals surface area (Å²) < 4.78 is 0. The van der Waals surface area contributed by atoms with Gasteiger partial charge in [0.05, 0.1) is 11.1 Å². The maximum Gasteiger partial charge on any atom is 0.255 e. The summed E-state index contributed by atoms with van der Waals surface area (Å²) in [5.74, 6) is -0.155. The molecule has 100 valence electrons. The highest BCUT2D eigenvalue weighted by atomic mass is 16.2. The van der Waals surface area contributed by atoms with Gasteiger partial charge in [-0.2, -0.15) is 0 Å². The zero-order valence-corrected chi connectivity index (χ0v) is 10.8. The van der Waals surface area contributed by atoms with Crippen molar-refractivity contribution in [2.45, 2.75) is 31.7 Å². The summed E-state index contributed by atoms with van der Waals surface area (Å²) in [6.07, 6.45) is 7.26. The number of pyridine rings is 1. The first-order valence-electron chi connectivity index (χ1n) is 6.79. The molecule has 1 aromatic heterocycles. The van der Waals surface area contributed by atoms with Gasteiger partial charge in [-0.1, -0.05) is 0 Å². The van der Waals surface area contributed by atoms with Crippen LogP contribution >= 0.6 is 0 Å². The molecule has 0 unspecified atom stereocenters. The van der Waals surface area contributed by atoms with Gasteiger partial charge >= 0.3 is 0 Å². The van der Waals surface area contributed by atoms with E-state index in [1.165, 1.54) is 12.4 Å². The van der Waals surface area contributed by atoms with Crippen molar-refractivity contribution in [2.75, 3.05) is 13.1 Å². The molecule has 2 amide bonds. The molecule has 0 radical (unpaired) electrons. The van der Waals surface area contributed by atoms with Crippen molar-refractivity contribution in [3.8, 4) is 0 Å². The fourth-order valence-corrected chi connectivity index (χ4v) is 2.28. The predicted octanol–water partition coefficient (Wildman–Crippen LogP) is 1.21. The molecule has 0 spiro atoms. The van der Waals surface area contributed by atoms with Gasteiger partial charge in [-0.15, -0.1) is 0 Å². The second-order valence-corrected chi connectivity index (χ2v) is 5.21. The van der Waals surface area contributed by atoms with Crippen molar-refractivity contribution >= 4 is 11.8 Å². The Hall–Kier alpha value is -1.91. The molecule has 2 heterocycles. The molecular formula is C14H17N3O2. The van der Waals surface area contributed by atoms with Gasteiger partial charge in [0.15, 0.2) is 0 Å². The summed E-state index contributed by atoms with van der Waals surface area (Å²) in [6, 6.07) is 1.95. The Kier molecular flexibility index (Phi) is 3.19. The van der Waals surface area contributed by atoms with Crippen molar-refractivity contribution in [3.63, 3.8) is 0 Å². The molecule has 0 atom stereocenters. The minimum Gasteiger partial charge on any atom is -0.349 e. The molecule has 5 heteroatoms. The van der Waals surface area contributed by atoms with Crippen LogP contribution in [0.3, 0.4) is 0 Å². The van der Waals surface area contributed by atoms with Gasteiger partial charge in [-0.25, -0.2) is 0 Å². The maximum atomic E-state index is 12.2. The molecule has 0 aromatic carbocycles. The number of carbonyl (C=O) groups excluding carboxylic acids is 2. The van der Waals surface area contributed by atoms with Crippen molar-refractivity contribution in [1.29, 1.82) is 0 Å². The third-order valence-corrected chi connectivity index (χ3v) is 3.55. The highest BCUT2D eigenvalue weighted by molar-refractivity contribution is 5.99.